The number of halogens is 1. The molecule has 0 aliphatic heterocycles. The lowest BCUT2D eigenvalue weighted by Crippen LogP contribution is -2.10. The van der Waals surface area contributed by atoms with Crippen molar-refractivity contribution in [3.05, 3.63) is 34.3 Å². The van der Waals surface area contributed by atoms with E-state index >= 15 is 0 Å². The molecule has 0 saturated heterocycles. The summed E-state index contributed by atoms with van der Waals surface area (Å²) in [5.41, 5.74) is 6.98. The van der Waals surface area contributed by atoms with E-state index in [4.69, 9.17) is 27.9 Å². The number of thioether (sulfide) groups is 1. The third-order valence-corrected chi connectivity index (χ3v) is 3.20. The molecule has 0 fully saturated rings. The fourth-order valence-corrected chi connectivity index (χ4v) is 2.15. The number of aliphatic hydroxyl groups excluding tert-OH is 1. The highest BCUT2D eigenvalue weighted by Crippen LogP contribution is 2.22. The molecule has 1 aromatic rings. The molecule has 0 bridgehead atoms. The van der Waals surface area contributed by atoms with Gasteiger partial charge in [0, 0.05) is 22.1 Å². The first-order valence-corrected chi connectivity index (χ1v) is 6.00. The maximum Gasteiger partial charge on any atom is 0.122 e. The SMILES string of the molecule is N=C(N)c1ccc(CSCCO)c(Cl)c1. The van der Waals surface area contributed by atoms with Gasteiger partial charge >= 0.3 is 0 Å². The molecule has 0 heterocycles. The summed E-state index contributed by atoms with van der Waals surface area (Å²) in [6.07, 6.45) is 0. The highest BCUT2D eigenvalue weighted by Gasteiger charge is 2.03. The molecule has 0 unspecified atom stereocenters. The predicted molar refractivity (Wildman–Crippen MR) is 65.7 cm³/mol. The summed E-state index contributed by atoms with van der Waals surface area (Å²) in [4.78, 5) is 0. The van der Waals surface area contributed by atoms with Crippen LogP contribution in [0, 0.1) is 5.41 Å². The highest BCUT2D eigenvalue weighted by molar-refractivity contribution is 7.98. The van der Waals surface area contributed by atoms with Crippen LogP contribution < -0.4 is 5.73 Å². The molecule has 0 radical (unpaired) electrons. The van der Waals surface area contributed by atoms with Crippen LogP contribution >= 0.6 is 23.4 Å². The maximum absolute atomic E-state index is 8.63. The Hall–Kier alpha value is -0.710. The van der Waals surface area contributed by atoms with Crippen LogP contribution in [0.1, 0.15) is 11.1 Å². The molecule has 15 heavy (non-hydrogen) atoms. The topological polar surface area (TPSA) is 70.1 Å². The van der Waals surface area contributed by atoms with Crippen molar-refractivity contribution in [3.63, 3.8) is 0 Å². The minimum absolute atomic E-state index is 0.0199. The van der Waals surface area contributed by atoms with Gasteiger partial charge in [0.1, 0.15) is 5.84 Å². The van der Waals surface area contributed by atoms with Gasteiger partial charge in [-0.15, -0.1) is 0 Å². The van der Waals surface area contributed by atoms with Gasteiger partial charge in [0.05, 0.1) is 6.61 Å². The molecule has 4 N–H and O–H groups in total. The minimum atomic E-state index is 0.0199. The van der Waals surface area contributed by atoms with Crippen LogP contribution in [0.3, 0.4) is 0 Å². The fraction of sp³-hybridized carbons (Fsp3) is 0.300. The van der Waals surface area contributed by atoms with Crippen LogP contribution in [0.5, 0.6) is 0 Å². The Balaban J connectivity index is 2.70. The molecule has 0 amide bonds. The third kappa shape index (κ3) is 3.74. The minimum Gasteiger partial charge on any atom is -0.396 e. The molecular weight excluding hydrogens is 232 g/mol. The summed E-state index contributed by atoms with van der Waals surface area (Å²) in [5.74, 6) is 1.48. The van der Waals surface area contributed by atoms with Gasteiger partial charge in [0.2, 0.25) is 0 Å². The van der Waals surface area contributed by atoms with Crippen LogP contribution in [-0.2, 0) is 5.75 Å². The lowest BCUT2D eigenvalue weighted by atomic mass is 10.1. The summed E-state index contributed by atoms with van der Waals surface area (Å²) in [6, 6.07) is 5.34. The first-order chi connectivity index (χ1) is 7.15. The van der Waals surface area contributed by atoms with Crippen LogP contribution in [0.25, 0.3) is 0 Å². The van der Waals surface area contributed by atoms with Crippen LogP contribution in [-0.4, -0.2) is 23.3 Å². The van der Waals surface area contributed by atoms with E-state index in [-0.39, 0.29) is 12.4 Å². The average Bonchev–Trinajstić information content (AvgIpc) is 2.20. The number of hydrogen-bond donors (Lipinski definition) is 3. The summed E-state index contributed by atoms with van der Waals surface area (Å²) in [5, 5.41) is 16.5. The molecule has 0 atom stereocenters. The molecule has 0 aliphatic rings. The third-order valence-electron chi connectivity index (χ3n) is 1.86. The van der Waals surface area contributed by atoms with Crippen molar-refractivity contribution >= 4 is 29.2 Å². The Bertz CT molecular complexity index is 357. The second-order valence-corrected chi connectivity index (χ2v) is 4.51. The fourth-order valence-electron chi connectivity index (χ4n) is 1.08. The number of rotatable bonds is 5. The van der Waals surface area contributed by atoms with Crippen LogP contribution in [0.2, 0.25) is 5.02 Å². The van der Waals surface area contributed by atoms with Crippen molar-refractivity contribution < 1.29 is 5.11 Å². The zero-order valence-electron chi connectivity index (χ0n) is 8.16. The molecule has 0 saturated carbocycles. The van der Waals surface area contributed by atoms with Gasteiger partial charge in [-0.3, -0.25) is 5.41 Å². The number of hydrogen-bond acceptors (Lipinski definition) is 3. The van der Waals surface area contributed by atoms with Gasteiger partial charge in [-0.1, -0.05) is 23.7 Å². The molecule has 1 aromatic carbocycles. The van der Waals surface area contributed by atoms with E-state index in [2.05, 4.69) is 0 Å². The summed E-state index contributed by atoms with van der Waals surface area (Å²) in [7, 11) is 0. The van der Waals surface area contributed by atoms with Gasteiger partial charge in [0.15, 0.2) is 0 Å². The molecular formula is C10H13ClN2OS. The number of nitrogens with one attached hydrogen (secondary N) is 1. The second-order valence-electron chi connectivity index (χ2n) is 3.00. The van der Waals surface area contributed by atoms with Gasteiger partial charge in [-0.2, -0.15) is 11.8 Å². The number of nitrogens with two attached hydrogens (primary N) is 1. The lowest BCUT2D eigenvalue weighted by Gasteiger charge is -2.05. The zero-order valence-corrected chi connectivity index (χ0v) is 9.74. The molecule has 0 aromatic heterocycles. The van der Waals surface area contributed by atoms with Gasteiger partial charge in [0.25, 0.3) is 0 Å². The van der Waals surface area contributed by atoms with Crippen LogP contribution in [0.4, 0.5) is 0 Å². The van der Waals surface area contributed by atoms with Crippen molar-refractivity contribution in [2.45, 2.75) is 5.75 Å². The Labute approximate surface area is 98.1 Å². The summed E-state index contributed by atoms with van der Waals surface area (Å²) in [6.45, 7) is 0.174. The van der Waals surface area contributed by atoms with E-state index in [1.165, 1.54) is 0 Å². The first kappa shape index (κ1) is 12.4. The number of amidine groups is 1. The number of benzene rings is 1. The van der Waals surface area contributed by atoms with Crippen molar-refractivity contribution in [1.82, 2.24) is 0 Å². The van der Waals surface area contributed by atoms with Gasteiger partial charge in [-0.25, -0.2) is 0 Å². The van der Waals surface area contributed by atoms with Crippen molar-refractivity contribution in [2.24, 2.45) is 5.73 Å². The zero-order chi connectivity index (χ0) is 11.3. The first-order valence-electron chi connectivity index (χ1n) is 4.46. The summed E-state index contributed by atoms with van der Waals surface area (Å²) < 4.78 is 0. The van der Waals surface area contributed by atoms with E-state index in [0.29, 0.717) is 16.3 Å². The molecule has 82 valence electrons. The molecule has 0 spiro atoms. The van der Waals surface area contributed by atoms with E-state index in [9.17, 15) is 0 Å². The Morgan fingerprint density at radius 2 is 2.27 bits per heavy atom. The van der Waals surface area contributed by atoms with E-state index < -0.39 is 0 Å². The van der Waals surface area contributed by atoms with E-state index in [1.54, 1.807) is 23.9 Å². The quantitative estimate of drug-likeness (QED) is 0.421. The predicted octanol–water partition coefficient (Wildman–Crippen LogP) is 1.85. The van der Waals surface area contributed by atoms with Crippen molar-refractivity contribution in [2.75, 3.05) is 12.4 Å². The van der Waals surface area contributed by atoms with Gasteiger partial charge in [-0.05, 0) is 11.6 Å². The number of nitrogen functional groups attached to an aromatic ring is 1. The largest absolute Gasteiger partial charge is 0.396 e. The van der Waals surface area contributed by atoms with E-state index in [1.807, 2.05) is 6.07 Å². The number of aliphatic hydroxyl groups is 1. The normalized spacial score (nSPS) is 10.3. The Kier molecular flexibility index (Phi) is 4.94. The Morgan fingerprint density at radius 3 is 2.80 bits per heavy atom. The van der Waals surface area contributed by atoms with Crippen molar-refractivity contribution in [1.29, 1.82) is 5.41 Å². The van der Waals surface area contributed by atoms with E-state index in [0.717, 1.165) is 11.3 Å². The highest BCUT2D eigenvalue weighted by atomic mass is 35.5. The standard InChI is InChI=1S/C10H13ClN2OS/c11-9-5-7(10(12)13)1-2-8(9)6-15-4-3-14/h1-2,5,14H,3-4,6H2,(H3,12,13). The molecule has 0 aliphatic carbocycles. The second kappa shape index (κ2) is 6.00. The smallest absolute Gasteiger partial charge is 0.122 e. The van der Waals surface area contributed by atoms with Gasteiger partial charge < -0.3 is 10.8 Å². The molecule has 5 heteroatoms. The maximum atomic E-state index is 8.63. The molecule has 3 nitrogen and oxygen atoms in total. The van der Waals surface area contributed by atoms with Crippen LogP contribution in [0.15, 0.2) is 18.2 Å². The monoisotopic (exact) mass is 244 g/mol. The average molecular weight is 245 g/mol. The Morgan fingerprint density at radius 1 is 1.53 bits per heavy atom. The molecule has 1 rings (SSSR count). The summed E-state index contributed by atoms with van der Waals surface area (Å²) >= 11 is 7.64. The lowest BCUT2D eigenvalue weighted by molar-refractivity contribution is 0.322. The van der Waals surface area contributed by atoms with Crippen molar-refractivity contribution in [3.8, 4) is 0 Å².